The van der Waals surface area contributed by atoms with E-state index >= 15 is 0 Å². The molecule has 90 valence electrons. The van der Waals surface area contributed by atoms with Crippen molar-refractivity contribution in [1.29, 1.82) is 0 Å². The summed E-state index contributed by atoms with van der Waals surface area (Å²) < 4.78 is 0. The smallest absolute Gasteiger partial charge is 0.0912 e. The molecule has 3 aromatic rings. The number of fused-ring (bicyclic) bond motifs is 1. The highest BCUT2D eigenvalue weighted by atomic mass is 35.5. The second-order valence-corrected chi connectivity index (χ2v) is 4.84. The number of aromatic nitrogens is 3. The first-order valence-electron chi connectivity index (χ1n) is 5.41. The molecule has 0 aliphatic carbocycles. The molecule has 0 aliphatic rings. The molecule has 3 nitrogen and oxygen atoms in total. The van der Waals surface area contributed by atoms with Gasteiger partial charge in [-0.3, -0.25) is 10.1 Å². The van der Waals surface area contributed by atoms with Gasteiger partial charge in [-0.05, 0) is 24.6 Å². The van der Waals surface area contributed by atoms with E-state index in [1.165, 1.54) is 0 Å². The third kappa shape index (κ3) is 1.76. The van der Waals surface area contributed by atoms with Crippen LogP contribution in [0.2, 0.25) is 10.0 Å². The van der Waals surface area contributed by atoms with Crippen molar-refractivity contribution in [2.75, 3.05) is 0 Å². The van der Waals surface area contributed by atoms with Gasteiger partial charge in [0.05, 0.1) is 21.8 Å². The van der Waals surface area contributed by atoms with Gasteiger partial charge in [-0.2, -0.15) is 5.10 Å². The molecule has 1 aromatic carbocycles. The van der Waals surface area contributed by atoms with Gasteiger partial charge in [0.25, 0.3) is 0 Å². The number of aryl methyl sites for hydroxylation is 1. The number of pyridine rings is 1. The predicted molar refractivity (Wildman–Crippen MR) is 74.1 cm³/mol. The monoisotopic (exact) mass is 277 g/mol. The van der Waals surface area contributed by atoms with Gasteiger partial charge in [0.2, 0.25) is 0 Å². The maximum atomic E-state index is 6.21. The second kappa shape index (κ2) is 4.26. The minimum absolute atomic E-state index is 0.489. The molecule has 0 bridgehead atoms. The van der Waals surface area contributed by atoms with Gasteiger partial charge >= 0.3 is 0 Å². The van der Waals surface area contributed by atoms with Crippen LogP contribution in [0.15, 0.2) is 30.6 Å². The van der Waals surface area contributed by atoms with Crippen molar-refractivity contribution in [1.82, 2.24) is 15.2 Å². The summed E-state index contributed by atoms with van der Waals surface area (Å²) in [5.74, 6) is 0. The SMILES string of the molecule is Cc1cc(-c2cn[nH]c2)c2ccc(Cl)c(Cl)c2n1. The predicted octanol–water partition coefficient (Wildman–Crippen LogP) is 4.24. The highest BCUT2D eigenvalue weighted by molar-refractivity contribution is 6.45. The van der Waals surface area contributed by atoms with E-state index in [9.17, 15) is 0 Å². The third-order valence-corrected chi connectivity index (χ3v) is 3.60. The highest BCUT2D eigenvalue weighted by Crippen LogP contribution is 2.35. The molecule has 0 amide bonds. The summed E-state index contributed by atoms with van der Waals surface area (Å²) in [4.78, 5) is 4.46. The zero-order valence-corrected chi connectivity index (χ0v) is 11.0. The van der Waals surface area contributed by atoms with Crippen molar-refractivity contribution in [3.8, 4) is 11.1 Å². The Morgan fingerprint density at radius 3 is 2.78 bits per heavy atom. The van der Waals surface area contributed by atoms with Gasteiger partial charge in [-0.15, -0.1) is 0 Å². The summed E-state index contributed by atoms with van der Waals surface area (Å²) in [6.07, 6.45) is 3.62. The Hall–Kier alpha value is -1.58. The molecule has 0 fully saturated rings. The van der Waals surface area contributed by atoms with Crippen molar-refractivity contribution in [3.05, 3.63) is 46.3 Å². The molecule has 0 saturated carbocycles. The van der Waals surface area contributed by atoms with Gasteiger partial charge in [-0.25, -0.2) is 0 Å². The van der Waals surface area contributed by atoms with Gasteiger partial charge in [0, 0.05) is 22.8 Å². The minimum atomic E-state index is 0.489. The number of hydrogen-bond acceptors (Lipinski definition) is 2. The molecule has 0 atom stereocenters. The number of halogens is 2. The number of hydrogen-bond donors (Lipinski definition) is 1. The lowest BCUT2D eigenvalue weighted by atomic mass is 10.0. The molecular formula is C13H9Cl2N3. The fourth-order valence-corrected chi connectivity index (χ4v) is 2.36. The standard InChI is InChI=1S/C13H9Cl2N3/c1-7-4-10(8-5-16-17-6-8)9-2-3-11(14)12(15)13(9)18-7/h2-6H,1H3,(H,16,17). The number of aromatic amines is 1. The maximum absolute atomic E-state index is 6.21. The molecule has 5 heteroatoms. The van der Waals surface area contributed by atoms with Crippen LogP contribution in [-0.4, -0.2) is 15.2 Å². The Morgan fingerprint density at radius 1 is 1.22 bits per heavy atom. The van der Waals surface area contributed by atoms with E-state index in [-0.39, 0.29) is 0 Å². The van der Waals surface area contributed by atoms with Crippen LogP contribution in [0.4, 0.5) is 0 Å². The van der Waals surface area contributed by atoms with Crippen LogP contribution in [0.5, 0.6) is 0 Å². The molecule has 0 aliphatic heterocycles. The fraction of sp³-hybridized carbons (Fsp3) is 0.0769. The number of nitrogens with zero attached hydrogens (tertiary/aromatic N) is 2. The van der Waals surface area contributed by atoms with Crippen molar-refractivity contribution < 1.29 is 0 Å². The molecule has 0 saturated heterocycles. The molecule has 3 rings (SSSR count). The maximum Gasteiger partial charge on any atom is 0.0912 e. The average molecular weight is 278 g/mol. The van der Waals surface area contributed by atoms with Gasteiger partial charge in [0.15, 0.2) is 0 Å². The van der Waals surface area contributed by atoms with Crippen molar-refractivity contribution in [3.63, 3.8) is 0 Å². The lowest BCUT2D eigenvalue weighted by molar-refractivity contribution is 1.09. The summed E-state index contributed by atoms with van der Waals surface area (Å²) in [7, 11) is 0. The molecular weight excluding hydrogens is 269 g/mol. The van der Waals surface area contributed by atoms with E-state index in [1.54, 1.807) is 12.3 Å². The first-order valence-corrected chi connectivity index (χ1v) is 6.17. The molecule has 0 spiro atoms. The molecule has 0 unspecified atom stereocenters. The van der Waals surface area contributed by atoms with Crippen LogP contribution < -0.4 is 0 Å². The van der Waals surface area contributed by atoms with Gasteiger partial charge < -0.3 is 0 Å². The topological polar surface area (TPSA) is 41.6 Å². The number of nitrogens with one attached hydrogen (secondary N) is 1. The zero-order valence-electron chi connectivity index (χ0n) is 9.54. The summed E-state index contributed by atoms with van der Waals surface area (Å²) in [6.45, 7) is 1.93. The summed E-state index contributed by atoms with van der Waals surface area (Å²) in [5.41, 5.74) is 3.66. The average Bonchev–Trinajstić information content (AvgIpc) is 2.87. The van der Waals surface area contributed by atoms with E-state index in [1.807, 2.05) is 25.3 Å². The third-order valence-electron chi connectivity index (χ3n) is 2.81. The van der Waals surface area contributed by atoms with Gasteiger partial charge in [-0.1, -0.05) is 29.3 Å². The van der Waals surface area contributed by atoms with Crippen molar-refractivity contribution in [2.24, 2.45) is 0 Å². The van der Waals surface area contributed by atoms with Crippen LogP contribution in [0, 0.1) is 6.92 Å². The minimum Gasteiger partial charge on any atom is -0.285 e. The molecule has 2 heterocycles. The summed E-state index contributed by atoms with van der Waals surface area (Å²) in [5, 5.41) is 8.75. The first-order chi connectivity index (χ1) is 8.66. The fourth-order valence-electron chi connectivity index (χ4n) is 2.00. The van der Waals surface area contributed by atoms with Crippen LogP contribution in [0.3, 0.4) is 0 Å². The Morgan fingerprint density at radius 2 is 2.06 bits per heavy atom. The van der Waals surface area contributed by atoms with Crippen LogP contribution in [0.25, 0.3) is 22.0 Å². The van der Waals surface area contributed by atoms with E-state index in [4.69, 9.17) is 23.2 Å². The van der Waals surface area contributed by atoms with Crippen LogP contribution >= 0.6 is 23.2 Å². The van der Waals surface area contributed by atoms with E-state index in [0.29, 0.717) is 10.0 Å². The molecule has 0 radical (unpaired) electrons. The lowest BCUT2D eigenvalue weighted by Crippen LogP contribution is -1.89. The molecule has 18 heavy (non-hydrogen) atoms. The zero-order chi connectivity index (χ0) is 12.7. The second-order valence-electron chi connectivity index (χ2n) is 4.06. The lowest BCUT2D eigenvalue weighted by Gasteiger charge is -2.08. The Bertz CT molecular complexity index is 721. The van der Waals surface area contributed by atoms with E-state index in [2.05, 4.69) is 15.2 Å². The number of H-pyrrole nitrogens is 1. The highest BCUT2D eigenvalue weighted by Gasteiger charge is 2.11. The largest absolute Gasteiger partial charge is 0.285 e. The summed E-state index contributed by atoms with van der Waals surface area (Å²) in [6, 6.07) is 5.72. The summed E-state index contributed by atoms with van der Waals surface area (Å²) >= 11 is 12.2. The Kier molecular flexibility index (Phi) is 2.73. The van der Waals surface area contributed by atoms with Crippen molar-refractivity contribution in [2.45, 2.75) is 6.92 Å². The first kappa shape index (κ1) is 11.5. The number of benzene rings is 1. The van der Waals surface area contributed by atoms with Crippen molar-refractivity contribution >= 4 is 34.1 Å². The Labute approximate surface area is 114 Å². The molecule has 1 N–H and O–H groups in total. The van der Waals surface area contributed by atoms with E-state index in [0.717, 1.165) is 27.7 Å². The number of rotatable bonds is 1. The molecule has 2 aromatic heterocycles. The van der Waals surface area contributed by atoms with E-state index < -0.39 is 0 Å². The Balaban J connectivity index is 2.43. The normalized spacial score (nSPS) is 11.1. The van der Waals surface area contributed by atoms with Gasteiger partial charge in [0.1, 0.15) is 0 Å². The van der Waals surface area contributed by atoms with Crippen LogP contribution in [0.1, 0.15) is 5.69 Å². The quantitative estimate of drug-likeness (QED) is 0.723. The van der Waals surface area contributed by atoms with Crippen LogP contribution in [-0.2, 0) is 0 Å².